The molecule has 6 nitrogen and oxygen atoms in total. The van der Waals surface area contributed by atoms with Crippen LogP contribution in [0.25, 0.3) is 11.2 Å². The average Bonchev–Trinajstić information content (AvgIpc) is 3.06. The second kappa shape index (κ2) is 4.12. The van der Waals surface area contributed by atoms with Gasteiger partial charge >= 0.3 is 5.69 Å². The van der Waals surface area contributed by atoms with Crippen LogP contribution in [-0.4, -0.2) is 19.1 Å². The minimum atomic E-state index is -0.337. The van der Waals surface area contributed by atoms with Crippen LogP contribution in [0.4, 0.5) is 0 Å². The fourth-order valence-electron chi connectivity index (χ4n) is 2.26. The molecule has 0 unspecified atom stereocenters. The van der Waals surface area contributed by atoms with Crippen LogP contribution in [0.5, 0.6) is 0 Å². The SMILES string of the molecule is CCCCn1cnc2c1c(=O)[nH]c(=O)n2C1CC1. The Labute approximate surface area is 103 Å². The molecular weight excluding hydrogens is 232 g/mol. The molecule has 3 rings (SSSR count). The zero-order valence-electron chi connectivity index (χ0n) is 10.3. The van der Waals surface area contributed by atoms with Crippen LogP contribution in [0, 0.1) is 0 Å². The lowest BCUT2D eigenvalue weighted by molar-refractivity contribution is 0.642. The van der Waals surface area contributed by atoms with Gasteiger partial charge in [0, 0.05) is 12.6 Å². The lowest BCUT2D eigenvalue weighted by Crippen LogP contribution is -2.30. The zero-order valence-corrected chi connectivity index (χ0v) is 10.3. The first-order chi connectivity index (χ1) is 8.72. The molecule has 1 aliphatic carbocycles. The molecule has 96 valence electrons. The second-order valence-electron chi connectivity index (χ2n) is 4.82. The summed E-state index contributed by atoms with van der Waals surface area (Å²) in [5.74, 6) is 0. The molecule has 2 aromatic rings. The number of nitrogens with one attached hydrogen (secondary N) is 1. The zero-order chi connectivity index (χ0) is 12.7. The topological polar surface area (TPSA) is 72.7 Å². The van der Waals surface area contributed by atoms with E-state index < -0.39 is 0 Å². The summed E-state index contributed by atoms with van der Waals surface area (Å²) in [6.45, 7) is 2.86. The van der Waals surface area contributed by atoms with Crippen molar-refractivity contribution in [2.75, 3.05) is 0 Å². The molecule has 18 heavy (non-hydrogen) atoms. The third-order valence-electron chi connectivity index (χ3n) is 3.37. The van der Waals surface area contributed by atoms with E-state index in [2.05, 4.69) is 16.9 Å². The van der Waals surface area contributed by atoms with Gasteiger partial charge in [-0.3, -0.25) is 14.3 Å². The van der Waals surface area contributed by atoms with E-state index in [1.165, 1.54) is 0 Å². The fourth-order valence-corrected chi connectivity index (χ4v) is 2.26. The molecule has 1 saturated carbocycles. The molecule has 1 aliphatic rings. The number of hydrogen-bond acceptors (Lipinski definition) is 3. The quantitative estimate of drug-likeness (QED) is 0.878. The predicted molar refractivity (Wildman–Crippen MR) is 67.8 cm³/mol. The van der Waals surface area contributed by atoms with Gasteiger partial charge in [-0.05, 0) is 19.3 Å². The van der Waals surface area contributed by atoms with Crippen molar-refractivity contribution in [2.24, 2.45) is 0 Å². The molecule has 0 aliphatic heterocycles. The van der Waals surface area contributed by atoms with Crippen LogP contribution in [0.2, 0.25) is 0 Å². The number of hydrogen-bond donors (Lipinski definition) is 1. The predicted octanol–water partition coefficient (Wildman–Crippen LogP) is 1.02. The molecule has 0 aromatic carbocycles. The molecule has 0 spiro atoms. The fraction of sp³-hybridized carbons (Fsp3) is 0.583. The van der Waals surface area contributed by atoms with Crippen molar-refractivity contribution in [1.29, 1.82) is 0 Å². The van der Waals surface area contributed by atoms with Crippen LogP contribution in [0.3, 0.4) is 0 Å². The van der Waals surface area contributed by atoms with E-state index in [9.17, 15) is 9.59 Å². The number of rotatable bonds is 4. The van der Waals surface area contributed by atoms with E-state index in [0.717, 1.165) is 32.2 Å². The molecule has 1 fully saturated rings. The monoisotopic (exact) mass is 248 g/mol. The minimum Gasteiger partial charge on any atom is -0.325 e. The molecule has 2 aromatic heterocycles. The summed E-state index contributed by atoms with van der Waals surface area (Å²) in [4.78, 5) is 30.4. The van der Waals surface area contributed by atoms with Gasteiger partial charge in [0.1, 0.15) is 0 Å². The third kappa shape index (κ3) is 1.68. The van der Waals surface area contributed by atoms with E-state index >= 15 is 0 Å². The van der Waals surface area contributed by atoms with Crippen LogP contribution < -0.4 is 11.2 Å². The Hall–Kier alpha value is -1.85. The summed E-state index contributed by atoms with van der Waals surface area (Å²) in [7, 11) is 0. The molecule has 0 saturated heterocycles. The molecular formula is C12H16N4O2. The van der Waals surface area contributed by atoms with Crippen molar-refractivity contribution in [3.8, 4) is 0 Å². The Balaban J connectivity index is 2.22. The Morgan fingerprint density at radius 3 is 2.89 bits per heavy atom. The van der Waals surface area contributed by atoms with E-state index in [0.29, 0.717) is 11.2 Å². The highest BCUT2D eigenvalue weighted by atomic mass is 16.2. The number of aromatic nitrogens is 4. The Morgan fingerprint density at radius 1 is 1.44 bits per heavy atom. The average molecular weight is 248 g/mol. The normalized spacial score (nSPS) is 15.4. The minimum absolute atomic E-state index is 0.214. The van der Waals surface area contributed by atoms with Crippen molar-refractivity contribution in [1.82, 2.24) is 19.1 Å². The summed E-state index contributed by atoms with van der Waals surface area (Å²) >= 11 is 0. The van der Waals surface area contributed by atoms with E-state index in [1.807, 2.05) is 4.57 Å². The van der Waals surface area contributed by atoms with Crippen molar-refractivity contribution in [3.63, 3.8) is 0 Å². The molecule has 1 N–H and O–H groups in total. The van der Waals surface area contributed by atoms with Crippen molar-refractivity contribution in [3.05, 3.63) is 27.2 Å². The van der Waals surface area contributed by atoms with Crippen LogP contribution >= 0.6 is 0 Å². The highest BCUT2D eigenvalue weighted by Crippen LogP contribution is 2.34. The van der Waals surface area contributed by atoms with E-state index in [-0.39, 0.29) is 17.3 Å². The maximum atomic E-state index is 11.9. The van der Waals surface area contributed by atoms with Crippen molar-refractivity contribution < 1.29 is 0 Å². The van der Waals surface area contributed by atoms with Crippen LogP contribution in [0.15, 0.2) is 15.9 Å². The van der Waals surface area contributed by atoms with Gasteiger partial charge in [-0.15, -0.1) is 0 Å². The lowest BCUT2D eigenvalue weighted by Gasteiger charge is -2.05. The number of aromatic amines is 1. The number of H-pyrrole nitrogens is 1. The summed E-state index contributed by atoms with van der Waals surface area (Å²) in [6, 6.07) is 0.214. The van der Waals surface area contributed by atoms with Gasteiger partial charge in [0.25, 0.3) is 5.56 Å². The van der Waals surface area contributed by atoms with Crippen molar-refractivity contribution in [2.45, 2.75) is 45.2 Å². The molecule has 6 heteroatoms. The van der Waals surface area contributed by atoms with Crippen LogP contribution in [-0.2, 0) is 6.54 Å². The molecule has 0 atom stereocenters. The first-order valence-electron chi connectivity index (χ1n) is 6.42. The molecule has 2 heterocycles. The standard InChI is InChI=1S/C12H16N4O2/c1-2-3-6-15-7-13-10-9(15)11(17)14-12(18)16(10)8-4-5-8/h7-8H,2-6H2,1H3,(H,14,17,18). The second-order valence-corrected chi connectivity index (χ2v) is 4.82. The first kappa shape index (κ1) is 11.3. The van der Waals surface area contributed by atoms with E-state index in [4.69, 9.17) is 0 Å². The highest BCUT2D eigenvalue weighted by Gasteiger charge is 2.28. The first-order valence-corrected chi connectivity index (χ1v) is 6.42. The smallest absolute Gasteiger partial charge is 0.325 e. The van der Waals surface area contributed by atoms with Gasteiger partial charge in [0.15, 0.2) is 11.2 Å². The summed E-state index contributed by atoms with van der Waals surface area (Å²) in [5.41, 5.74) is 0.383. The van der Waals surface area contributed by atoms with Gasteiger partial charge < -0.3 is 4.57 Å². The van der Waals surface area contributed by atoms with Crippen LogP contribution in [0.1, 0.15) is 38.6 Å². The Bertz CT molecular complexity index is 690. The van der Waals surface area contributed by atoms with Gasteiger partial charge in [-0.25, -0.2) is 9.78 Å². The number of fused-ring (bicyclic) bond motifs is 1. The Morgan fingerprint density at radius 2 is 2.22 bits per heavy atom. The largest absolute Gasteiger partial charge is 0.330 e. The maximum Gasteiger partial charge on any atom is 0.330 e. The summed E-state index contributed by atoms with van der Waals surface area (Å²) in [6.07, 6.45) is 5.69. The number of imidazole rings is 1. The number of nitrogens with zero attached hydrogens (tertiary/aromatic N) is 3. The van der Waals surface area contributed by atoms with Gasteiger partial charge in [-0.2, -0.15) is 0 Å². The van der Waals surface area contributed by atoms with Gasteiger partial charge in [0.2, 0.25) is 0 Å². The number of aryl methyl sites for hydroxylation is 1. The summed E-state index contributed by atoms with van der Waals surface area (Å²) in [5, 5.41) is 0. The van der Waals surface area contributed by atoms with E-state index in [1.54, 1.807) is 10.9 Å². The summed E-state index contributed by atoms with van der Waals surface area (Å²) < 4.78 is 3.47. The highest BCUT2D eigenvalue weighted by molar-refractivity contribution is 5.70. The molecule has 0 bridgehead atoms. The van der Waals surface area contributed by atoms with Gasteiger partial charge in [-0.1, -0.05) is 13.3 Å². The Kier molecular flexibility index (Phi) is 2.57. The van der Waals surface area contributed by atoms with Gasteiger partial charge in [0.05, 0.1) is 6.33 Å². The lowest BCUT2D eigenvalue weighted by atomic mass is 10.3. The maximum absolute atomic E-state index is 11.9. The third-order valence-corrected chi connectivity index (χ3v) is 3.37. The molecule has 0 radical (unpaired) electrons. The molecule has 0 amide bonds. The van der Waals surface area contributed by atoms with Crippen molar-refractivity contribution >= 4 is 11.2 Å². The number of unbranched alkanes of at least 4 members (excludes halogenated alkanes) is 1.